The zero-order valence-corrected chi connectivity index (χ0v) is 42.7. The van der Waals surface area contributed by atoms with E-state index in [1.165, 1.54) is 25.0 Å². The zero-order valence-electron chi connectivity index (χ0n) is 41.1. The maximum absolute atomic E-state index is 13.5. The first-order valence-corrected chi connectivity index (χ1v) is 26.8. The number of thioether (sulfide) groups is 2. The Kier molecular flexibility index (Phi) is 13.9. The standard InChI is InChI=1S/C27H29FN6O2S.C25H30N8O2S/c1-17-16-36-13-12-34(17)24-14-22(27(10-11-27)37-21-7-3-19(28)4-8-21)31-25(33-24)18-2-9-23(29-15-18)32-26(35)30-20-5-6-20;1-16-15-35-10-9-33(16)22-11-20(25(7-8-25)36-19-4-5-19)29-23(31-22)17-3-6-21(26-12-17)30-24(34)28-18-13-27-32(2)14-18/h2-4,7-9,14-15,17,20H,5-6,10-13,16H2,1H3,(H2,29,30,32,35);3,6,11-14,16,19H,4-5,7-10,15H2,1-2H3,(H2,26,28,30,34). The summed E-state index contributed by atoms with van der Waals surface area (Å²) < 4.78 is 26.3. The molecule has 4 N–H and O–H groups in total. The van der Waals surface area contributed by atoms with Crippen LogP contribution >= 0.6 is 23.5 Å². The van der Waals surface area contributed by atoms with Gasteiger partial charge in [-0.15, -0.1) is 23.5 Å². The van der Waals surface area contributed by atoms with Crippen LogP contribution in [0.2, 0.25) is 0 Å². The Morgan fingerprint density at radius 3 is 1.73 bits per heavy atom. The Bertz CT molecular complexity index is 2930. The van der Waals surface area contributed by atoms with Gasteiger partial charge in [0.05, 0.1) is 71.3 Å². The van der Waals surface area contributed by atoms with Gasteiger partial charge in [0.15, 0.2) is 11.6 Å². The van der Waals surface area contributed by atoms with Crippen LogP contribution in [0, 0.1) is 5.82 Å². The van der Waals surface area contributed by atoms with Crippen LogP contribution in [0.3, 0.4) is 0 Å². The smallest absolute Gasteiger partial charge is 0.324 e. The number of morpholine rings is 2. The zero-order chi connectivity index (χ0) is 50.1. The SMILES string of the molecule is CC1COCCN1c1cc(C2(SC3CC3)CC2)nc(-c2ccc(NC(=O)Nc3cnn(C)c3)nc2)n1.CC1COCCN1c1cc(C2(Sc3ccc(F)cc3)CC2)nc(-c2ccc(NC(=O)NC3CC3)nc2)n1. The van der Waals surface area contributed by atoms with Gasteiger partial charge in [0, 0.05) is 78.2 Å². The second kappa shape index (κ2) is 20.8. The largest absolute Gasteiger partial charge is 0.377 e. The van der Waals surface area contributed by atoms with Crippen molar-refractivity contribution in [1.29, 1.82) is 0 Å². The van der Waals surface area contributed by atoms with E-state index in [1.54, 1.807) is 60.4 Å². The number of amides is 4. The molecule has 73 heavy (non-hydrogen) atoms. The second-order valence-corrected chi connectivity index (χ2v) is 22.8. The maximum Gasteiger partial charge on any atom is 0.324 e. The molecule has 2 aliphatic heterocycles. The first-order chi connectivity index (χ1) is 35.4. The van der Waals surface area contributed by atoms with Crippen molar-refractivity contribution in [3.63, 3.8) is 0 Å². The van der Waals surface area contributed by atoms with Gasteiger partial charge in [-0.2, -0.15) is 5.10 Å². The lowest BCUT2D eigenvalue weighted by Gasteiger charge is -2.34. The molecular weight excluding hydrogens is 968 g/mol. The van der Waals surface area contributed by atoms with Gasteiger partial charge >= 0.3 is 12.1 Å². The number of hydrogen-bond donors (Lipinski definition) is 4. The lowest BCUT2D eigenvalue weighted by Crippen LogP contribution is -2.44. The Labute approximate surface area is 431 Å². The van der Waals surface area contributed by atoms with Gasteiger partial charge in [0.25, 0.3) is 0 Å². The number of halogens is 1. The highest BCUT2D eigenvalue weighted by atomic mass is 32.2. The highest BCUT2D eigenvalue weighted by Crippen LogP contribution is 2.62. The summed E-state index contributed by atoms with van der Waals surface area (Å²) in [5, 5.41) is 16.0. The molecule has 380 valence electrons. The number of nitrogens with one attached hydrogen (secondary N) is 4. The third-order valence-electron chi connectivity index (χ3n) is 13.5. The predicted octanol–water partition coefficient (Wildman–Crippen LogP) is 8.99. The first kappa shape index (κ1) is 48.8. The Hall–Kier alpha value is -6.42. The molecule has 18 nitrogen and oxygen atoms in total. The third-order valence-corrected chi connectivity index (χ3v) is 16.9. The van der Waals surface area contributed by atoms with E-state index in [9.17, 15) is 14.0 Å². The number of benzene rings is 1. The van der Waals surface area contributed by atoms with Crippen LogP contribution in [-0.4, -0.2) is 115 Å². The monoisotopic (exact) mass is 1030 g/mol. The molecule has 4 amide bonds. The van der Waals surface area contributed by atoms with E-state index in [-0.39, 0.29) is 45.5 Å². The van der Waals surface area contributed by atoms with Crippen molar-refractivity contribution in [1.82, 2.24) is 45.0 Å². The van der Waals surface area contributed by atoms with Crippen LogP contribution in [0.15, 0.2) is 90.3 Å². The van der Waals surface area contributed by atoms with E-state index in [0.717, 1.165) is 95.9 Å². The summed E-state index contributed by atoms with van der Waals surface area (Å²) in [6, 6.07) is 18.4. The summed E-state index contributed by atoms with van der Waals surface area (Å²) in [6.07, 6.45) is 15.7. The quantitative estimate of drug-likeness (QED) is 0.0805. The molecule has 4 aliphatic carbocycles. The minimum atomic E-state index is -0.377. The van der Waals surface area contributed by atoms with Gasteiger partial charge in [0.2, 0.25) is 0 Å². The summed E-state index contributed by atoms with van der Waals surface area (Å²) in [7, 11) is 1.79. The van der Waals surface area contributed by atoms with Crippen LogP contribution in [0.5, 0.6) is 0 Å². The number of pyridine rings is 2. The molecule has 0 spiro atoms. The summed E-state index contributed by atoms with van der Waals surface area (Å²) in [4.78, 5) is 58.8. The number of rotatable bonds is 14. The summed E-state index contributed by atoms with van der Waals surface area (Å²) in [5.74, 6) is 3.77. The molecule has 1 aromatic carbocycles. The van der Waals surface area contributed by atoms with Gasteiger partial charge in [0.1, 0.15) is 29.1 Å². The molecule has 5 aromatic heterocycles. The predicted molar refractivity (Wildman–Crippen MR) is 281 cm³/mol. The van der Waals surface area contributed by atoms with Crippen LogP contribution in [-0.2, 0) is 26.0 Å². The van der Waals surface area contributed by atoms with Crippen molar-refractivity contribution in [2.45, 2.75) is 103 Å². The number of carbonyl (C=O) groups excluding carboxylic acids is 2. The van der Waals surface area contributed by atoms with Crippen molar-refractivity contribution in [2.24, 2.45) is 7.05 Å². The summed E-state index contributed by atoms with van der Waals surface area (Å²) in [6.45, 7) is 8.57. The minimum absolute atomic E-state index is 0.114. The molecule has 4 saturated carbocycles. The Morgan fingerprint density at radius 2 is 1.25 bits per heavy atom. The number of aryl methyl sites for hydroxylation is 1. The number of anilines is 5. The third kappa shape index (κ3) is 12.0. The molecule has 12 rings (SSSR count). The number of nitrogens with zero attached hydrogens (tertiary/aromatic N) is 10. The average Bonchev–Trinajstić information content (AvgIpc) is 4.17. The Morgan fingerprint density at radius 1 is 0.685 bits per heavy atom. The molecule has 6 fully saturated rings. The molecule has 6 aromatic rings. The molecule has 21 heteroatoms. The maximum atomic E-state index is 13.5. The van der Waals surface area contributed by atoms with Crippen molar-refractivity contribution in [3.05, 3.63) is 103 Å². The van der Waals surface area contributed by atoms with Gasteiger partial charge in [-0.1, -0.05) is 0 Å². The first-order valence-electron chi connectivity index (χ1n) is 25.1. The lowest BCUT2D eigenvalue weighted by molar-refractivity contribution is 0.0985. The number of urea groups is 2. The normalized spacial score (nSPS) is 20.5. The number of hydrogen-bond acceptors (Lipinski definition) is 15. The number of ether oxygens (including phenoxy) is 2. The minimum Gasteiger partial charge on any atom is -0.377 e. The summed E-state index contributed by atoms with van der Waals surface area (Å²) >= 11 is 3.82. The fourth-order valence-corrected chi connectivity index (χ4v) is 11.7. The molecule has 2 saturated heterocycles. The molecular formula is C52H59FN14O4S2. The fraction of sp³-hybridized carbons (Fsp3) is 0.442. The van der Waals surface area contributed by atoms with Crippen LogP contribution in [0.1, 0.15) is 76.6 Å². The molecule has 2 unspecified atom stereocenters. The van der Waals surface area contributed by atoms with E-state index in [4.69, 9.17) is 29.4 Å². The van der Waals surface area contributed by atoms with Gasteiger partial charge in [-0.05, 0) is 114 Å². The lowest BCUT2D eigenvalue weighted by atomic mass is 10.2. The van der Waals surface area contributed by atoms with E-state index in [1.807, 2.05) is 24.3 Å². The van der Waals surface area contributed by atoms with Crippen molar-refractivity contribution >= 4 is 64.5 Å². The van der Waals surface area contributed by atoms with E-state index in [2.05, 4.69) is 83.9 Å². The highest BCUT2D eigenvalue weighted by molar-refractivity contribution is 8.01. The van der Waals surface area contributed by atoms with Crippen molar-refractivity contribution in [3.8, 4) is 22.8 Å². The average molecular weight is 1030 g/mol. The highest BCUT2D eigenvalue weighted by Gasteiger charge is 2.51. The van der Waals surface area contributed by atoms with E-state index in [0.29, 0.717) is 55.4 Å². The molecule has 0 bridgehead atoms. The van der Waals surface area contributed by atoms with Gasteiger partial charge < -0.3 is 29.9 Å². The molecule has 0 radical (unpaired) electrons. The van der Waals surface area contributed by atoms with Crippen LogP contribution in [0.25, 0.3) is 22.8 Å². The van der Waals surface area contributed by atoms with Crippen molar-refractivity contribution < 1.29 is 23.5 Å². The molecule has 7 heterocycles. The topological polar surface area (TPSA) is 202 Å². The van der Waals surface area contributed by atoms with Gasteiger partial charge in [-0.3, -0.25) is 15.3 Å². The van der Waals surface area contributed by atoms with Crippen LogP contribution < -0.4 is 31.1 Å². The van der Waals surface area contributed by atoms with E-state index >= 15 is 0 Å². The second-order valence-electron chi connectivity index (χ2n) is 19.7. The van der Waals surface area contributed by atoms with Crippen molar-refractivity contribution in [2.75, 3.05) is 65.3 Å². The Balaban J connectivity index is 0.000000157. The number of aromatic nitrogens is 8. The van der Waals surface area contributed by atoms with Gasteiger partial charge in [-0.25, -0.2) is 43.9 Å². The molecule has 6 aliphatic rings. The van der Waals surface area contributed by atoms with Crippen LogP contribution in [0.4, 0.5) is 42.9 Å². The fourth-order valence-electron chi connectivity index (χ4n) is 8.86. The molecule has 2 atom stereocenters. The number of carbonyl (C=O) groups is 2. The summed E-state index contributed by atoms with van der Waals surface area (Å²) in [5.41, 5.74) is 4.30. The van der Waals surface area contributed by atoms with E-state index < -0.39 is 0 Å².